The lowest BCUT2D eigenvalue weighted by Gasteiger charge is -2.33. The molecule has 0 aromatic heterocycles. The Bertz CT molecular complexity index is 960. The summed E-state index contributed by atoms with van der Waals surface area (Å²) in [6, 6.07) is 22.5. The maximum atomic E-state index is 11.8. The Kier molecular flexibility index (Phi) is 6.10. The molecule has 3 aromatic carbocycles. The summed E-state index contributed by atoms with van der Waals surface area (Å²) in [5.74, 6) is -0.519. The number of nitrogens with zero attached hydrogens (tertiary/aromatic N) is 1. The minimum absolute atomic E-state index is 0.0171. The molecule has 3 rings (SSSR count). The van der Waals surface area contributed by atoms with Gasteiger partial charge in [-0.15, -0.1) is 0 Å². The van der Waals surface area contributed by atoms with E-state index in [1.807, 2.05) is 60.7 Å². The van der Waals surface area contributed by atoms with Gasteiger partial charge in [-0.3, -0.25) is 4.99 Å². The van der Waals surface area contributed by atoms with Crippen molar-refractivity contribution in [2.24, 2.45) is 4.99 Å². The van der Waals surface area contributed by atoms with Gasteiger partial charge in [-0.2, -0.15) is 0 Å². The van der Waals surface area contributed by atoms with E-state index in [1.165, 1.54) is 31.5 Å². The third-order valence-corrected chi connectivity index (χ3v) is 4.92. The number of carbonyl (C=O) groups excluding carboxylic acids is 1. The van der Waals surface area contributed by atoms with Crippen LogP contribution in [-0.2, 0) is 10.3 Å². The Morgan fingerprint density at radius 3 is 2.07 bits per heavy atom. The highest BCUT2D eigenvalue weighted by Crippen LogP contribution is 2.34. The molecule has 0 amide bonds. The Morgan fingerprint density at radius 2 is 1.55 bits per heavy atom. The predicted molar refractivity (Wildman–Crippen MR) is 112 cm³/mol. The van der Waals surface area contributed by atoms with Crippen molar-refractivity contribution in [3.05, 3.63) is 101 Å². The summed E-state index contributed by atoms with van der Waals surface area (Å²) in [5, 5.41) is 21.8. The van der Waals surface area contributed by atoms with Crippen molar-refractivity contribution in [1.29, 1.82) is 0 Å². The third-order valence-electron chi connectivity index (χ3n) is 4.92. The fraction of sp³-hybridized carbons (Fsp3) is 0.167. The van der Waals surface area contributed by atoms with Gasteiger partial charge in [0.1, 0.15) is 11.4 Å². The molecule has 0 heterocycles. The van der Waals surface area contributed by atoms with Crippen LogP contribution in [0.25, 0.3) is 0 Å². The normalized spacial score (nSPS) is 12.7. The van der Waals surface area contributed by atoms with Gasteiger partial charge in [0.25, 0.3) is 0 Å². The Balaban J connectivity index is 2.00. The molecule has 0 aliphatic carbocycles. The number of methoxy groups -OCH3 is 1. The molecular formula is C24H23NO4. The summed E-state index contributed by atoms with van der Waals surface area (Å²) in [5.41, 5.74) is 0.727. The molecule has 0 bridgehead atoms. The van der Waals surface area contributed by atoms with Gasteiger partial charge < -0.3 is 14.9 Å². The van der Waals surface area contributed by atoms with E-state index in [4.69, 9.17) is 4.74 Å². The molecule has 0 fully saturated rings. The quantitative estimate of drug-likeness (QED) is 0.495. The molecule has 0 aliphatic rings. The van der Waals surface area contributed by atoms with Crippen LogP contribution in [0.2, 0.25) is 0 Å². The molecule has 0 aliphatic heterocycles. The summed E-state index contributed by atoms with van der Waals surface area (Å²) in [7, 11) is 1.30. The first-order valence-electron chi connectivity index (χ1n) is 9.24. The summed E-state index contributed by atoms with van der Waals surface area (Å²) in [6.07, 6.45) is 1.46. The maximum Gasteiger partial charge on any atom is 0.337 e. The van der Waals surface area contributed by atoms with Gasteiger partial charge >= 0.3 is 5.97 Å². The molecule has 29 heavy (non-hydrogen) atoms. The van der Waals surface area contributed by atoms with E-state index in [9.17, 15) is 15.0 Å². The minimum Gasteiger partial charge on any atom is -0.507 e. The number of carbonyl (C=O) groups is 1. The van der Waals surface area contributed by atoms with E-state index in [0.29, 0.717) is 22.3 Å². The molecule has 5 heteroatoms. The zero-order valence-electron chi connectivity index (χ0n) is 16.3. The first kappa shape index (κ1) is 20.3. The van der Waals surface area contributed by atoms with Gasteiger partial charge in [0.2, 0.25) is 0 Å². The van der Waals surface area contributed by atoms with Crippen molar-refractivity contribution in [3.63, 3.8) is 0 Å². The second kappa shape index (κ2) is 8.71. The van der Waals surface area contributed by atoms with Gasteiger partial charge in [-0.1, -0.05) is 60.7 Å². The first-order valence-corrected chi connectivity index (χ1v) is 9.24. The van der Waals surface area contributed by atoms with Gasteiger partial charge in [0.05, 0.1) is 18.7 Å². The van der Waals surface area contributed by atoms with Gasteiger partial charge in [-0.05, 0) is 36.2 Å². The summed E-state index contributed by atoms with van der Waals surface area (Å²) in [4.78, 5) is 16.3. The number of rotatable bonds is 6. The van der Waals surface area contributed by atoms with Gasteiger partial charge in [-0.25, -0.2) is 4.79 Å². The fourth-order valence-corrected chi connectivity index (χ4v) is 3.24. The van der Waals surface area contributed by atoms with Crippen LogP contribution in [0.15, 0.2) is 83.9 Å². The van der Waals surface area contributed by atoms with Crippen LogP contribution in [0.4, 0.5) is 0 Å². The Hall–Kier alpha value is -3.44. The van der Waals surface area contributed by atoms with Crippen molar-refractivity contribution in [3.8, 4) is 5.75 Å². The highest BCUT2D eigenvalue weighted by atomic mass is 16.5. The molecule has 0 radical (unpaired) electrons. The number of aromatic hydroxyl groups is 1. The molecule has 3 aromatic rings. The lowest BCUT2D eigenvalue weighted by molar-refractivity contribution is 0.0587. The van der Waals surface area contributed by atoms with Crippen LogP contribution in [0.3, 0.4) is 0 Å². The van der Waals surface area contributed by atoms with Crippen LogP contribution in [-0.4, -0.2) is 35.5 Å². The fourth-order valence-electron chi connectivity index (χ4n) is 3.24. The summed E-state index contributed by atoms with van der Waals surface area (Å²) < 4.78 is 4.72. The molecule has 2 N–H and O–H groups in total. The van der Waals surface area contributed by atoms with Crippen molar-refractivity contribution in [2.45, 2.75) is 18.6 Å². The van der Waals surface area contributed by atoms with Crippen molar-refractivity contribution in [2.75, 3.05) is 7.11 Å². The van der Waals surface area contributed by atoms with E-state index in [2.05, 4.69) is 4.99 Å². The van der Waals surface area contributed by atoms with E-state index < -0.39 is 17.6 Å². The van der Waals surface area contributed by atoms with E-state index in [-0.39, 0.29) is 5.75 Å². The highest BCUT2D eigenvalue weighted by molar-refractivity contribution is 5.93. The zero-order valence-corrected chi connectivity index (χ0v) is 16.3. The van der Waals surface area contributed by atoms with E-state index in [0.717, 1.165) is 0 Å². The van der Waals surface area contributed by atoms with Crippen LogP contribution < -0.4 is 0 Å². The number of ether oxygens (including phenoxy) is 1. The monoisotopic (exact) mass is 389 g/mol. The molecule has 0 saturated carbocycles. The lowest BCUT2D eigenvalue weighted by atomic mass is 9.81. The number of phenolic OH excluding ortho intramolecular Hbond substituents is 1. The third kappa shape index (κ3) is 4.20. The van der Waals surface area contributed by atoms with E-state index in [1.54, 1.807) is 6.92 Å². The molecule has 148 valence electrons. The average molecular weight is 389 g/mol. The van der Waals surface area contributed by atoms with Crippen molar-refractivity contribution >= 4 is 12.2 Å². The van der Waals surface area contributed by atoms with Crippen molar-refractivity contribution < 1.29 is 19.7 Å². The van der Waals surface area contributed by atoms with Crippen LogP contribution in [0.5, 0.6) is 5.75 Å². The summed E-state index contributed by atoms with van der Waals surface area (Å²) in [6.45, 7) is 1.80. The molecule has 0 spiro atoms. The largest absolute Gasteiger partial charge is 0.507 e. The molecule has 0 unspecified atom stereocenters. The SMILES string of the molecule is COC(=O)c1ccc(O)c(C=N[C@H](C)C(O)(c2ccccc2)c2ccccc2)c1. The second-order valence-corrected chi connectivity index (χ2v) is 6.72. The number of hydrogen-bond acceptors (Lipinski definition) is 5. The molecular weight excluding hydrogens is 366 g/mol. The molecule has 0 saturated heterocycles. The molecule has 1 atom stereocenters. The average Bonchev–Trinajstić information content (AvgIpc) is 2.78. The van der Waals surface area contributed by atoms with Gasteiger partial charge in [0.15, 0.2) is 0 Å². The van der Waals surface area contributed by atoms with E-state index >= 15 is 0 Å². The maximum absolute atomic E-state index is 11.8. The van der Waals surface area contributed by atoms with Crippen molar-refractivity contribution in [1.82, 2.24) is 0 Å². The minimum atomic E-state index is -1.37. The Morgan fingerprint density at radius 1 is 1.00 bits per heavy atom. The van der Waals surface area contributed by atoms with Crippen LogP contribution in [0.1, 0.15) is 34.0 Å². The van der Waals surface area contributed by atoms with Crippen LogP contribution in [0, 0.1) is 0 Å². The smallest absolute Gasteiger partial charge is 0.337 e. The predicted octanol–water partition coefficient (Wildman–Crippen LogP) is 3.92. The number of esters is 1. The standard InChI is InChI=1S/C24H23NO4/c1-17(25-16-19-15-18(23(27)29-2)13-14-22(19)26)24(28,20-9-5-3-6-10-20)21-11-7-4-8-12-21/h3-17,26,28H,1-2H3/t17-/m1/s1. The topological polar surface area (TPSA) is 79.1 Å². The van der Waals surface area contributed by atoms with Crippen LogP contribution >= 0.6 is 0 Å². The number of aliphatic hydroxyl groups is 1. The lowest BCUT2D eigenvalue weighted by Crippen LogP contribution is -2.38. The zero-order chi connectivity index (χ0) is 20.9. The summed E-state index contributed by atoms with van der Waals surface area (Å²) >= 11 is 0. The number of phenols is 1. The number of benzene rings is 3. The van der Waals surface area contributed by atoms with Gasteiger partial charge in [0, 0.05) is 11.8 Å². The Labute approximate surface area is 169 Å². The second-order valence-electron chi connectivity index (χ2n) is 6.72. The molecule has 5 nitrogen and oxygen atoms in total. The first-order chi connectivity index (χ1) is 14.0. The number of aliphatic imine (C=N–C) groups is 1. The number of hydrogen-bond donors (Lipinski definition) is 2. The highest BCUT2D eigenvalue weighted by Gasteiger charge is 2.37.